The van der Waals surface area contributed by atoms with E-state index in [2.05, 4.69) is 11.4 Å². The van der Waals surface area contributed by atoms with Crippen molar-refractivity contribution < 1.29 is 9.18 Å². The number of hydrogen-bond donors (Lipinski definition) is 1. The molecule has 1 fully saturated rings. The van der Waals surface area contributed by atoms with Gasteiger partial charge in [-0.05, 0) is 17.7 Å². The van der Waals surface area contributed by atoms with Crippen LogP contribution in [0.3, 0.4) is 0 Å². The second kappa shape index (κ2) is 4.93. The van der Waals surface area contributed by atoms with Gasteiger partial charge in [0.1, 0.15) is 11.9 Å². The summed E-state index contributed by atoms with van der Waals surface area (Å²) in [5.41, 5.74) is 0.516. The highest BCUT2D eigenvalue weighted by atomic mass is 19.1. The van der Waals surface area contributed by atoms with Crippen LogP contribution >= 0.6 is 0 Å². The van der Waals surface area contributed by atoms with Crippen LogP contribution < -0.4 is 5.32 Å². The van der Waals surface area contributed by atoms with Crippen LogP contribution in [0, 0.1) is 17.1 Å². The molecular formula is C12H12FN3O. The van der Waals surface area contributed by atoms with Gasteiger partial charge in [0.05, 0.1) is 12.6 Å². The van der Waals surface area contributed by atoms with Gasteiger partial charge in [0.2, 0.25) is 5.91 Å². The molecule has 0 aromatic heterocycles. The molecule has 0 saturated carbocycles. The molecule has 0 spiro atoms. The molecule has 4 nitrogen and oxygen atoms in total. The zero-order valence-electron chi connectivity index (χ0n) is 9.19. The number of carbonyl (C=O) groups is 1. The molecule has 5 heteroatoms. The number of nitriles is 1. The molecule has 1 heterocycles. The molecule has 1 N–H and O–H groups in total. The lowest BCUT2D eigenvalue weighted by molar-refractivity contribution is -0.133. The first-order chi connectivity index (χ1) is 8.22. The Bertz CT molecular complexity index is 469. The summed E-state index contributed by atoms with van der Waals surface area (Å²) in [7, 11) is 0. The summed E-state index contributed by atoms with van der Waals surface area (Å²) < 4.78 is 13.1. The zero-order valence-corrected chi connectivity index (χ0v) is 9.19. The van der Waals surface area contributed by atoms with Crippen molar-refractivity contribution in [2.45, 2.75) is 6.04 Å². The standard InChI is InChI=1S/C12H12FN3O/c13-10-3-1-2-9(6-10)11(7-14)16-5-4-15-8-12(16)17/h1-3,6,11,15H,4-5,8H2. The third-order valence-corrected chi connectivity index (χ3v) is 2.72. The van der Waals surface area contributed by atoms with Crippen LogP contribution in [0.2, 0.25) is 0 Å². The van der Waals surface area contributed by atoms with E-state index in [1.807, 2.05) is 0 Å². The van der Waals surface area contributed by atoms with E-state index in [0.29, 0.717) is 18.7 Å². The normalized spacial score (nSPS) is 17.6. The van der Waals surface area contributed by atoms with Gasteiger partial charge in [-0.3, -0.25) is 4.79 Å². The average Bonchev–Trinajstić information content (AvgIpc) is 2.33. The van der Waals surface area contributed by atoms with E-state index in [-0.39, 0.29) is 12.5 Å². The van der Waals surface area contributed by atoms with Gasteiger partial charge in [-0.25, -0.2) is 4.39 Å². The summed E-state index contributed by atoms with van der Waals surface area (Å²) in [6.45, 7) is 1.35. The molecular weight excluding hydrogens is 221 g/mol. The highest BCUT2D eigenvalue weighted by molar-refractivity contribution is 5.79. The van der Waals surface area contributed by atoms with E-state index in [1.54, 1.807) is 12.1 Å². The summed E-state index contributed by atoms with van der Waals surface area (Å²) in [6.07, 6.45) is 0. The van der Waals surface area contributed by atoms with Gasteiger partial charge in [0, 0.05) is 13.1 Å². The van der Waals surface area contributed by atoms with Gasteiger partial charge in [-0.15, -0.1) is 0 Å². The summed E-state index contributed by atoms with van der Waals surface area (Å²) in [4.78, 5) is 13.1. The first-order valence-corrected chi connectivity index (χ1v) is 5.37. The molecule has 0 radical (unpaired) electrons. The fourth-order valence-corrected chi connectivity index (χ4v) is 1.90. The molecule has 1 aliphatic rings. The summed E-state index contributed by atoms with van der Waals surface area (Å²) in [6, 6.07) is 7.16. The maximum Gasteiger partial charge on any atom is 0.237 e. The second-order valence-corrected chi connectivity index (χ2v) is 3.85. The predicted octanol–water partition coefficient (Wildman–Crippen LogP) is 0.822. The SMILES string of the molecule is N#CC(c1cccc(F)c1)N1CCNCC1=O. The molecule has 1 aromatic rings. The molecule has 0 aliphatic carbocycles. The lowest BCUT2D eigenvalue weighted by atomic mass is 10.1. The highest BCUT2D eigenvalue weighted by Gasteiger charge is 2.27. The summed E-state index contributed by atoms with van der Waals surface area (Å²) in [5, 5.41) is 12.1. The molecule has 1 amide bonds. The molecule has 1 aromatic carbocycles. The van der Waals surface area contributed by atoms with E-state index in [1.165, 1.54) is 17.0 Å². The number of piperazine rings is 1. The summed E-state index contributed by atoms with van der Waals surface area (Å²) in [5.74, 6) is -0.530. The average molecular weight is 233 g/mol. The number of halogens is 1. The van der Waals surface area contributed by atoms with Crippen LogP contribution in [0.25, 0.3) is 0 Å². The van der Waals surface area contributed by atoms with Gasteiger partial charge in [0.15, 0.2) is 0 Å². The quantitative estimate of drug-likeness (QED) is 0.822. The monoisotopic (exact) mass is 233 g/mol. The van der Waals surface area contributed by atoms with Crippen LogP contribution in [0.15, 0.2) is 24.3 Å². The molecule has 0 bridgehead atoms. The Hall–Kier alpha value is -1.93. The van der Waals surface area contributed by atoms with E-state index >= 15 is 0 Å². The third kappa shape index (κ3) is 2.43. The second-order valence-electron chi connectivity index (χ2n) is 3.85. The first-order valence-electron chi connectivity index (χ1n) is 5.37. The Labute approximate surface area is 98.6 Å². The number of nitrogens with zero attached hydrogens (tertiary/aromatic N) is 2. The Morgan fingerprint density at radius 1 is 1.53 bits per heavy atom. The van der Waals surface area contributed by atoms with Crippen LogP contribution in [0.1, 0.15) is 11.6 Å². The number of rotatable bonds is 2. The third-order valence-electron chi connectivity index (χ3n) is 2.72. The molecule has 1 unspecified atom stereocenters. The topological polar surface area (TPSA) is 56.1 Å². The Morgan fingerprint density at radius 3 is 3.00 bits per heavy atom. The molecule has 1 saturated heterocycles. The van der Waals surface area contributed by atoms with E-state index < -0.39 is 11.9 Å². The molecule has 2 rings (SSSR count). The van der Waals surface area contributed by atoms with Crippen molar-refractivity contribution in [2.75, 3.05) is 19.6 Å². The van der Waals surface area contributed by atoms with Crippen molar-refractivity contribution in [1.29, 1.82) is 5.26 Å². The minimum Gasteiger partial charge on any atom is -0.320 e. The van der Waals surface area contributed by atoms with Crippen LogP contribution in [-0.2, 0) is 4.79 Å². The minimum absolute atomic E-state index is 0.132. The van der Waals surface area contributed by atoms with E-state index in [0.717, 1.165) is 0 Å². The first kappa shape index (κ1) is 11.6. The number of amides is 1. The lowest BCUT2D eigenvalue weighted by Gasteiger charge is -2.31. The summed E-state index contributed by atoms with van der Waals surface area (Å²) >= 11 is 0. The predicted molar refractivity (Wildman–Crippen MR) is 59.3 cm³/mol. The fourth-order valence-electron chi connectivity index (χ4n) is 1.90. The van der Waals surface area contributed by atoms with Crippen LogP contribution in [-0.4, -0.2) is 30.4 Å². The molecule has 1 atom stereocenters. The number of benzene rings is 1. The number of nitrogens with one attached hydrogen (secondary N) is 1. The van der Waals surface area contributed by atoms with Crippen molar-refractivity contribution in [3.63, 3.8) is 0 Å². The van der Waals surface area contributed by atoms with Gasteiger partial charge < -0.3 is 10.2 Å². The van der Waals surface area contributed by atoms with Crippen molar-refractivity contribution in [3.05, 3.63) is 35.6 Å². The zero-order chi connectivity index (χ0) is 12.3. The number of carbonyl (C=O) groups excluding carboxylic acids is 1. The molecule has 88 valence electrons. The maximum absolute atomic E-state index is 13.1. The maximum atomic E-state index is 13.1. The van der Waals surface area contributed by atoms with Gasteiger partial charge in [-0.1, -0.05) is 12.1 Å². The van der Waals surface area contributed by atoms with E-state index in [9.17, 15) is 9.18 Å². The van der Waals surface area contributed by atoms with Crippen LogP contribution in [0.4, 0.5) is 4.39 Å². The van der Waals surface area contributed by atoms with E-state index in [4.69, 9.17) is 5.26 Å². The number of hydrogen-bond acceptors (Lipinski definition) is 3. The van der Waals surface area contributed by atoms with Gasteiger partial charge in [0.25, 0.3) is 0 Å². The molecule has 17 heavy (non-hydrogen) atoms. The Balaban J connectivity index is 2.27. The Morgan fingerprint density at radius 2 is 2.35 bits per heavy atom. The van der Waals surface area contributed by atoms with Crippen molar-refractivity contribution in [1.82, 2.24) is 10.2 Å². The fraction of sp³-hybridized carbons (Fsp3) is 0.333. The lowest BCUT2D eigenvalue weighted by Crippen LogP contribution is -2.49. The largest absolute Gasteiger partial charge is 0.320 e. The van der Waals surface area contributed by atoms with Crippen molar-refractivity contribution in [2.24, 2.45) is 0 Å². The van der Waals surface area contributed by atoms with Crippen LogP contribution in [0.5, 0.6) is 0 Å². The molecule has 1 aliphatic heterocycles. The van der Waals surface area contributed by atoms with Crippen molar-refractivity contribution in [3.8, 4) is 6.07 Å². The Kier molecular flexibility index (Phi) is 3.35. The minimum atomic E-state index is -0.708. The van der Waals surface area contributed by atoms with Gasteiger partial charge >= 0.3 is 0 Å². The smallest absolute Gasteiger partial charge is 0.237 e. The highest BCUT2D eigenvalue weighted by Crippen LogP contribution is 2.21. The van der Waals surface area contributed by atoms with Crippen molar-refractivity contribution >= 4 is 5.91 Å². The van der Waals surface area contributed by atoms with Gasteiger partial charge in [-0.2, -0.15) is 5.26 Å².